The molecule has 0 unspecified atom stereocenters. The van der Waals surface area contributed by atoms with Gasteiger partial charge in [-0.15, -0.1) is 0 Å². The van der Waals surface area contributed by atoms with E-state index in [1.807, 2.05) is 38.1 Å². The molecule has 1 aromatic carbocycles. The minimum atomic E-state index is 0.207. The van der Waals surface area contributed by atoms with E-state index in [1.54, 1.807) is 27.5 Å². The zero-order valence-corrected chi connectivity index (χ0v) is 15.4. The van der Waals surface area contributed by atoms with Gasteiger partial charge in [0.2, 0.25) is 5.75 Å². The van der Waals surface area contributed by atoms with E-state index >= 15 is 0 Å². The number of aromatic nitrogens is 3. The van der Waals surface area contributed by atoms with Gasteiger partial charge in [0.15, 0.2) is 17.3 Å². The third-order valence-corrected chi connectivity index (χ3v) is 3.93. The molecule has 7 nitrogen and oxygen atoms in total. The van der Waals surface area contributed by atoms with Crippen LogP contribution in [0.15, 0.2) is 35.0 Å². The Kier molecular flexibility index (Phi) is 5.06. The number of hydrogen-bond donors (Lipinski definition) is 0. The molecule has 0 saturated carbocycles. The molecule has 0 aliphatic heterocycles. The van der Waals surface area contributed by atoms with Crippen LogP contribution in [0.5, 0.6) is 17.2 Å². The van der Waals surface area contributed by atoms with E-state index < -0.39 is 0 Å². The number of ether oxygens (including phenoxy) is 3. The summed E-state index contributed by atoms with van der Waals surface area (Å²) >= 11 is 0. The molecule has 0 radical (unpaired) electrons. The van der Waals surface area contributed by atoms with E-state index in [9.17, 15) is 0 Å². The average Bonchev–Trinajstić information content (AvgIpc) is 3.17. The van der Waals surface area contributed by atoms with Crippen molar-refractivity contribution in [1.82, 2.24) is 15.1 Å². The smallest absolute Gasteiger partial charge is 0.259 e. The molecule has 136 valence electrons. The molecule has 0 fully saturated rings. The molecule has 0 amide bonds. The first kappa shape index (κ1) is 17.7. The van der Waals surface area contributed by atoms with Crippen molar-refractivity contribution >= 4 is 0 Å². The van der Waals surface area contributed by atoms with Crippen LogP contribution in [0.2, 0.25) is 0 Å². The highest BCUT2D eigenvalue weighted by atomic mass is 16.5. The van der Waals surface area contributed by atoms with Crippen LogP contribution in [0.3, 0.4) is 0 Å². The van der Waals surface area contributed by atoms with Gasteiger partial charge in [0.1, 0.15) is 0 Å². The number of methoxy groups -OCH3 is 3. The van der Waals surface area contributed by atoms with Gasteiger partial charge in [0, 0.05) is 17.7 Å². The van der Waals surface area contributed by atoms with Gasteiger partial charge in [-0.3, -0.25) is 4.98 Å². The summed E-state index contributed by atoms with van der Waals surface area (Å²) in [6, 6.07) is 7.48. The average molecular weight is 355 g/mol. The zero-order valence-electron chi connectivity index (χ0n) is 15.4. The maximum absolute atomic E-state index is 5.39. The van der Waals surface area contributed by atoms with Gasteiger partial charge in [-0.25, -0.2) is 0 Å². The second kappa shape index (κ2) is 7.43. The summed E-state index contributed by atoms with van der Waals surface area (Å²) in [5, 5.41) is 3.98. The molecule has 0 N–H and O–H groups in total. The fourth-order valence-corrected chi connectivity index (χ4v) is 2.51. The molecular weight excluding hydrogens is 334 g/mol. The molecular formula is C19H21N3O4. The van der Waals surface area contributed by atoms with Crippen molar-refractivity contribution in [3.05, 3.63) is 36.3 Å². The predicted molar refractivity (Wildman–Crippen MR) is 96.7 cm³/mol. The second-order valence-electron chi connectivity index (χ2n) is 5.96. The van der Waals surface area contributed by atoms with Gasteiger partial charge in [0.25, 0.3) is 5.89 Å². The Bertz CT molecular complexity index is 863. The molecule has 2 aromatic heterocycles. The highest BCUT2D eigenvalue weighted by molar-refractivity contribution is 5.69. The van der Waals surface area contributed by atoms with Gasteiger partial charge >= 0.3 is 0 Å². The SMILES string of the molecule is COc1cc(-c2ccc(-c3nc(C(C)C)no3)cn2)cc(OC)c1OC. The Morgan fingerprint density at radius 1 is 0.923 bits per heavy atom. The maximum Gasteiger partial charge on any atom is 0.259 e. The van der Waals surface area contributed by atoms with E-state index in [0.29, 0.717) is 29.0 Å². The quantitative estimate of drug-likeness (QED) is 0.662. The highest BCUT2D eigenvalue weighted by Crippen LogP contribution is 2.40. The van der Waals surface area contributed by atoms with Gasteiger partial charge in [-0.1, -0.05) is 19.0 Å². The van der Waals surface area contributed by atoms with Gasteiger partial charge < -0.3 is 18.7 Å². The summed E-state index contributed by atoms with van der Waals surface area (Å²) < 4.78 is 21.4. The summed E-state index contributed by atoms with van der Waals surface area (Å²) in [5.41, 5.74) is 2.37. The monoisotopic (exact) mass is 355 g/mol. The van der Waals surface area contributed by atoms with Crippen LogP contribution in [0.1, 0.15) is 25.6 Å². The van der Waals surface area contributed by atoms with Crippen LogP contribution in [-0.2, 0) is 0 Å². The van der Waals surface area contributed by atoms with E-state index in [0.717, 1.165) is 16.8 Å². The van der Waals surface area contributed by atoms with Crippen LogP contribution in [-0.4, -0.2) is 36.5 Å². The van der Waals surface area contributed by atoms with E-state index in [4.69, 9.17) is 18.7 Å². The van der Waals surface area contributed by atoms with E-state index in [2.05, 4.69) is 15.1 Å². The molecule has 26 heavy (non-hydrogen) atoms. The van der Waals surface area contributed by atoms with Crippen LogP contribution < -0.4 is 14.2 Å². The molecule has 0 atom stereocenters. The lowest BCUT2D eigenvalue weighted by atomic mass is 10.1. The van der Waals surface area contributed by atoms with Crippen molar-refractivity contribution in [2.24, 2.45) is 0 Å². The van der Waals surface area contributed by atoms with Gasteiger partial charge in [-0.05, 0) is 24.3 Å². The molecule has 0 saturated heterocycles. The number of rotatable bonds is 6. The molecule has 0 bridgehead atoms. The normalized spacial score (nSPS) is 10.8. The van der Waals surface area contributed by atoms with Crippen molar-refractivity contribution in [2.75, 3.05) is 21.3 Å². The topological polar surface area (TPSA) is 79.5 Å². The maximum atomic E-state index is 5.39. The minimum Gasteiger partial charge on any atom is -0.493 e. The molecule has 7 heteroatoms. The van der Waals surface area contributed by atoms with Crippen LogP contribution >= 0.6 is 0 Å². The Hall–Kier alpha value is -3.09. The Morgan fingerprint density at radius 3 is 2.08 bits per heavy atom. The van der Waals surface area contributed by atoms with Crippen molar-refractivity contribution in [2.45, 2.75) is 19.8 Å². The summed E-state index contributed by atoms with van der Waals surface area (Å²) in [5.74, 6) is 3.03. The third-order valence-electron chi connectivity index (χ3n) is 3.93. The van der Waals surface area contributed by atoms with E-state index in [1.165, 1.54) is 0 Å². The molecule has 3 rings (SSSR count). The molecule has 0 aliphatic rings. The Labute approximate surface area is 151 Å². The summed E-state index contributed by atoms with van der Waals surface area (Å²) in [7, 11) is 4.74. The van der Waals surface area contributed by atoms with Crippen molar-refractivity contribution in [1.29, 1.82) is 0 Å². The Morgan fingerprint density at radius 2 is 1.62 bits per heavy atom. The van der Waals surface area contributed by atoms with Crippen LogP contribution in [0.25, 0.3) is 22.7 Å². The molecule has 2 heterocycles. The minimum absolute atomic E-state index is 0.207. The first-order valence-electron chi connectivity index (χ1n) is 8.17. The second-order valence-corrected chi connectivity index (χ2v) is 5.96. The number of pyridine rings is 1. The fourth-order valence-electron chi connectivity index (χ4n) is 2.51. The van der Waals surface area contributed by atoms with Crippen molar-refractivity contribution < 1.29 is 18.7 Å². The molecule has 3 aromatic rings. The van der Waals surface area contributed by atoms with E-state index in [-0.39, 0.29) is 5.92 Å². The summed E-state index contributed by atoms with van der Waals surface area (Å²) in [6.45, 7) is 4.03. The lowest BCUT2D eigenvalue weighted by Crippen LogP contribution is -1.96. The number of nitrogens with zero attached hydrogens (tertiary/aromatic N) is 3. The van der Waals surface area contributed by atoms with Gasteiger partial charge in [-0.2, -0.15) is 4.98 Å². The Balaban J connectivity index is 1.95. The largest absolute Gasteiger partial charge is 0.493 e. The highest BCUT2D eigenvalue weighted by Gasteiger charge is 2.16. The standard InChI is InChI=1S/C19H21N3O4/c1-11(2)18-21-19(26-22-18)12-6-7-14(20-10-12)13-8-15(23-3)17(25-5)16(9-13)24-4/h6-11H,1-5H3. The number of benzene rings is 1. The zero-order chi connectivity index (χ0) is 18.7. The molecule has 0 spiro atoms. The number of hydrogen-bond acceptors (Lipinski definition) is 7. The van der Waals surface area contributed by atoms with Crippen molar-refractivity contribution in [3.63, 3.8) is 0 Å². The molecule has 0 aliphatic carbocycles. The van der Waals surface area contributed by atoms with Crippen LogP contribution in [0.4, 0.5) is 0 Å². The van der Waals surface area contributed by atoms with Crippen LogP contribution in [0, 0.1) is 0 Å². The first-order valence-corrected chi connectivity index (χ1v) is 8.17. The summed E-state index contributed by atoms with van der Waals surface area (Å²) in [6.07, 6.45) is 1.70. The summed E-state index contributed by atoms with van der Waals surface area (Å²) in [4.78, 5) is 8.89. The lowest BCUT2D eigenvalue weighted by Gasteiger charge is -2.14. The third kappa shape index (κ3) is 3.33. The first-order chi connectivity index (χ1) is 12.6. The lowest BCUT2D eigenvalue weighted by molar-refractivity contribution is 0.324. The fraction of sp³-hybridized carbons (Fsp3) is 0.316. The van der Waals surface area contributed by atoms with Crippen molar-refractivity contribution in [3.8, 4) is 40.0 Å². The predicted octanol–water partition coefficient (Wildman–Crippen LogP) is 3.95. The van der Waals surface area contributed by atoms with Gasteiger partial charge in [0.05, 0.1) is 32.6 Å².